The third-order valence-corrected chi connectivity index (χ3v) is 9.29. The Morgan fingerprint density at radius 1 is 0.645 bits per heavy atom. The minimum atomic E-state index is -2.86. The van der Waals surface area contributed by atoms with Gasteiger partial charge in [0, 0.05) is 17.2 Å². The summed E-state index contributed by atoms with van der Waals surface area (Å²) in [5, 5.41) is 30.2. The highest BCUT2D eigenvalue weighted by molar-refractivity contribution is 7.76. The van der Waals surface area contributed by atoms with Gasteiger partial charge < -0.3 is 20.1 Å². The Bertz CT molecular complexity index is 1050. The standard InChI is InChI=1S/C26H26O4P/c27-18-31(19-28,20-29)26(24-14-8-3-9-15-24)17-23(21-10-4-1-5-11-21)16-25(30-26)22-12-6-2-7-13-22/h1-17,27-29H,18-20H2/q+1. The van der Waals surface area contributed by atoms with Gasteiger partial charge in [0.1, 0.15) is 13.0 Å². The summed E-state index contributed by atoms with van der Waals surface area (Å²) >= 11 is 0. The smallest absolute Gasteiger partial charge is 0.267 e. The molecule has 4 rings (SSSR count). The van der Waals surface area contributed by atoms with Crippen LogP contribution in [0.4, 0.5) is 0 Å². The SMILES string of the molecule is OC[P+](CO)(CO)C1(c2ccccc2)C=C(c2ccccc2)C=C(c2ccccc2)O1. The minimum absolute atomic E-state index is 0.352. The van der Waals surface area contributed by atoms with Crippen molar-refractivity contribution in [1.29, 1.82) is 0 Å². The summed E-state index contributed by atoms with van der Waals surface area (Å²) < 4.78 is 6.69. The summed E-state index contributed by atoms with van der Waals surface area (Å²) in [5.41, 5.74) is 3.58. The van der Waals surface area contributed by atoms with Gasteiger partial charge in [0.15, 0.2) is 19.0 Å². The van der Waals surface area contributed by atoms with Crippen molar-refractivity contribution in [1.82, 2.24) is 0 Å². The van der Waals surface area contributed by atoms with Gasteiger partial charge in [-0.05, 0) is 17.2 Å². The van der Waals surface area contributed by atoms with E-state index in [4.69, 9.17) is 4.74 Å². The van der Waals surface area contributed by atoms with Crippen molar-refractivity contribution in [2.24, 2.45) is 0 Å². The fourth-order valence-corrected chi connectivity index (χ4v) is 6.24. The maximum atomic E-state index is 10.5. The molecule has 0 aromatic heterocycles. The Hall–Kier alpha value is -2.75. The average molecular weight is 433 g/mol. The normalized spacial score (nSPS) is 18.7. The molecule has 0 bridgehead atoms. The molecule has 3 aromatic rings. The van der Waals surface area contributed by atoms with Crippen LogP contribution in [0.25, 0.3) is 11.3 Å². The number of aliphatic hydroxyl groups is 3. The number of ether oxygens (including phenoxy) is 1. The molecule has 3 N–H and O–H groups in total. The van der Waals surface area contributed by atoms with Crippen molar-refractivity contribution in [3.05, 3.63) is 120 Å². The monoisotopic (exact) mass is 433 g/mol. The molecule has 1 heterocycles. The van der Waals surface area contributed by atoms with Crippen molar-refractivity contribution in [3.8, 4) is 0 Å². The van der Waals surface area contributed by atoms with Gasteiger partial charge in [0.05, 0.1) is 0 Å². The Morgan fingerprint density at radius 2 is 1.13 bits per heavy atom. The maximum Gasteiger partial charge on any atom is 0.267 e. The molecule has 4 nitrogen and oxygen atoms in total. The number of allylic oxidation sites excluding steroid dienone is 2. The first-order chi connectivity index (χ1) is 15.2. The molecule has 31 heavy (non-hydrogen) atoms. The van der Waals surface area contributed by atoms with Gasteiger partial charge in [-0.25, -0.2) is 0 Å². The van der Waals surface area contributed by atoms with Crippen molar-refractivity contribution in [3.63, 3.8) is 0 Å². The van der Waals surface area contributed by atoms with E-state index in [0.717, 1.165) is 22.3 Å². The quantitative estimate of drug-likeness (QED) is 0.466. The van der Waals surface area contributed by atoms with Crippen LogP contribution >= 0.6 is 7.26 Å². The maximum absolute atomic E-state index is 10.5. The fourth-order valence-electron chi connectivity index (χ4n) is 3.94. The van der Waals surface area contributed by atoms with Gasteiger partial charge in [-0.1, -0.05) is 91.0 Å². The van der Waals surface area contributed by atoms with Crippen LogP contribution in [0.2, 0.25) is 0 Å². The van der Waals surface area contributed by atoms with Crippen LogP contribution < -0.4 is 0 Å². The molecule has 1 aliphatic heterocycles. The van der Waals surface area contributed by atoms with E-state index in [-0.39, 0.29) is 19.0 Å². The van der Waals surface area contributed by atoms with Crippen LogP contribution in [0.1, 0.15) is 16.7 Å². The zero-order chi connectivity index (χ0) is 21.7. The van der Waals surface area contributed by atoms with E-state index in [0.29, 0.717) is 5.76 Å². The van der Waals surface area contributed by atoms with E-state index in [2.05, 4.69) is 0 Å². The van der Waals surface area contributed by atoms with Gasteiger partial charge in [-0.2, -0.15) is 0 Å². The van der Waals surface area contributed by atoms with Crippen molar-refractivity contribution in [2.75, 3.05) is 19.0 Å². The first-order valence-corrected chi connectivity index (χ1v) is 12.5. The second-order valence-electron chi connectivity index (χ2n) is 7.57. The van der Waals surface area contributed by atoms with Gasteiger partial charge in [-0.3, -0.25) is 0 Å². The van der Waals surface area contributed by atoms with Crippen LogP contribution in [0.3, 0.4) is 0 Å². The zero-order valence-corrected chi connectivity index (χ0v) is 18.0. The molecule has 0 radical (unpaired) electrons. The predicted octanol–water partition coefficient (Wildman–Crippen LogP) is 4.86. The van der Waals surface area contributed by atoms with Crippen LogP contribution in [-0.4, -0.2) is 34.4 Å². The van der Waals surface area contributed by atoms with E-state index in [1.54, 1.807) is 0 Å². The topological polar surface area (TPSA) is 69.9 Å². The summed E-state index contributed by atoms with van der Waals surface area (Å²) in [6.45, 7) is 0. The lowest BCUT2D eigenvalue weighted by Gasteiger charge is -2.42. The molecule has 1 unspecified atom stereocenters. The Labute approximate surface area is 183 Å². The van der Waals surface area contributed by atoms with Crippen LogP contribution in [0.5, 0.6) is 0 Å². The molecule has 1 atom stereocenters. The van der Waals surface area contributed by atoms with E-state index in [9.17, 15) is 15.3 Å². The second-order valence-corrected chi connectivity index (χ2v) is 11.4. The summed E-state index contributed by atoms with van der Waals surface area (Å²) in [7, 11) is -2.86. The fraction of sp³-hybridized carbons (Fsp3) is 0.154. The summed E-state index contributed by atoms with van der Waals surface area (Å²) in [4.78, 5) is 0. The van der Waals surface area contributed by atoms with Crippen molar-refractivity contribution < 1.29 is 20.1 Å². The van der Waals surface area contributed by atoms with Gasteiger partial charge >= 0.3 is 0 Å². The van der Waals surface area contributed by atoms with Gasteiger partial charge in [-0.15, -0.1) is 0 Å². The summed E-state index contributed by atoms with van der Waals surface area (Å²) in [6.07, 6.45) is 2.88. The average Bonchev–Trinajstić information content (AvgIpc) is 2.87. The first-order valence-electron chi connectivity index (χ1n) is 10.2. The molecule has 0 amide bonds. The van der Waals surface area contributed by atoms with Crippen molar-refractivity contribution in [2.45, 2.75) is 5.34 Å². The first kappa shape index (κ1) is 21.5. The highest BCUT2D eigenvalue weighted by atomic mass is 31.2. The Balaban J connectivity index is 2.02. The van der Waals surface area contributed by atoms with E-state index in [1.165, 1.54) is 0 Å². The highest BCUT2D eigenvalue weighted by Gasteiger charge is 2.61. The molecular weight excluding hydrogens is 407 g/mol. The molecule has 0 saturated carbocycles. The number of hydrogen-bond donors (Lipinski definition) is 3. The minimum Gasteiger partial charge on any atom is -0.446 e. The lowest BCUT2D eigenvalue weighted by Crippen LogP contribution is -2.37. The number of hydrogen-bond acceptors (Lipinski definition) is 4. The molecule has 0 spiro atoms. The van der Waals surface area contributed by atoms with Gasteiger partial charge in [0.25, 0.3) is 5.34 Å². The van der Waals surface area contributed by atoms with E-state index < -0.39 is 12.6 Å². The summed E-state index contributed by atoms with van der Waals surface area (Å²) in [5.74, 6) is 0.630. The largest absolute Gasteiger partial charge is 0.446 e. The van der Waals surface area contributed by atoms with Crippen molar-refractivity contribution >= 4 is 18.6 Å². The molecule has 1 aliphatic rings. The lowest BCUT2D eigenvalue weighted by molar-refractivity contribution is 0.152. The van der Waals surface area contributed by atoms with Crippen LogP contribution in [0.15, 0.2) is 103 Å². The molecule has 158 valence electrons. The van der Waals surface area contributed by atoms with Crippen LogP contribution in [-0.2, 0) is 10.1 Å². The lowest BCUT2D eigenvalue weighted by atomic mass is 9.96. The number of benzene rings is 3. The highest BCUT2D eigenvalue weighted by Crippen LogP contribution is 2.74. The molecule has 5 heteroatoms. The molecule has 0 saturated heterocycles. The molecule has 0 fully saturated rings. The molecule has 3 aromatic carbocycles. The number of rotatable bonds is 7. The molecule has 0 aliphatic carbocycles. The Kier molecular flexibility index (Phi) is 6.35. The predicted molar refractivity (Wildman–Crippen MR) is 126 cm³/mol. The number of aliphatic hydroxyl groups excluding tert-OH is 3. The van der Waals surface area contributed by atoms with E-state index in [1.807, 2.05) is 103 Å². The third-order valence-electron chi connectivity index (χ3n) is 5.77. The Morgan fingerprint density at radius 3 is 1.65 bits per heavy atom. The zero-order valence-electron chi connectivity index (χ0n) is 17.1. The summed E-state index contributed by atoms with van der Waals surface area (Å²) in [6, 6.07) is 29.2. The van der Waals surface area contributed by atoms with E-state index >= 15 is 0 Å². The van der Waals surface area contributed by atoms with Crippen LogP contribution in [0, 0.1) is 0 Å². The molecular formula is C26H26O4P+. The second kappa shape index (κ2) is 9.17. The van der Waals surface area contributed by atoms with Gasteiger partial charge in [0.2, 0.25) is 0 Å². The third kappa shape index (κ3) is 3.84.